The molecule has 100 valence electrons. The summed E-state index contributed by atoms with van der Waals surface area (Å²) in [5.41, 5.74) is 0.571. The molecule has 0 amide bonds. The summed E-state index contributed by atoms with van der Waals surface area (Å²) < 4.78 is 30.5. The third-order valence-corrected chi connectivity index (χ3v) is 3.51. The summed E-state index contributed by atoms with van der Waals surface area (Å²) in [5.74, 6) is 0.413. The van der Waals surface area contributed by atoms with E-state index in [-0.39, 0.29) is 10.9 Å². The van der Waals surface area contributed by atoms with Crippen molar-refractivity contribution in [1.29, 1.82) is 0 Å². The van der Waals surface area contributed by atoms with Gasteiger partial charge in [0, 0.05) is 0 Å². The van der Waals surface area contributed by atoms with Gasteiger partial charge in [0.05, 0.1) is 16.6 Å². The lowest BCUT2D eigenvalue weighted by molar-refractivity contribution is 0.467. The summed E-state index contributed by atoms with van der Waals surface area (Å²) in [7, 11) is -4.14. The van der Waals surface area contributed by atoms with Crippen LogP contribution in [0.2, 0.25) is 0 Å². The number of benzene rings is 1. The molecule has 18 heavy (non-hydrogen) atoms. The molecule has 0 heterocycles. The minimum Gasteiger partial charge on any atom is -0.282 e. The predicted octanol–water partition coefficient (Wildman–Crippen LogP) is 3.45. The van der Waals surface area contributed by atoms with Crippen molar-refractivity contribution in [1.82, 2.24) is 0 Å². The molecule has 0 bridgehead atoms. The van der Waals surface area contributed by atoms with E-state index in [9.17, 15) is 8.42 Å². The number of azo groups is 1. The minimum absolute atomic E-state index is 0.141. The van der Waals surface area contributed by atoms with E-state index >= 15 is 0 Å². The summed E-state index contributed by atoms with van der Waals surface area (Å²) in [6.45, 7) is 6.20. The van der Waals surface area contributed by atoms with E-state index in [0.717, 1.165) is 6.42 Å². The van der Waals surface area contributed by atoms with Gasteiger partial charge < -0.3 is 0 Å². The third kappa shape index (κ3) is 4.19. The molecule has 1 aromatic carbocycles. The molecule has 1 unspecified atom stereocenters. The Balaban J connectivity index is 2.84. The van der Waals surface area contributed by atoms with Crippen molar-refractivity contribution in [2.75, 3.05) is 0 Å². The van der Waals surface area contributed by atoms with E-state index in [4.69, 9.17) is 4.55 Å². The molecular formula is C12H18N2O3S. The second kappa shape index (κ2) is 6.06. The quantitative estimate of drug-likeness (QED) is 0.657. The second-order valence-corrected chi connectivity index (χ2v) is 5.83. The Morgan fingerprint density at radius 1 is 1.22 bits per heavy atom. The van der Waals surface area contributed by atoms with E-state index in [1.54, 1.807) is 0 Å². The Labute approximate surface area is 108 Å². The maximum Gasteiger partial charge on any atom is 0.294 e. The van der Waals surface area contributed by atoms with E-state index in [2.05, 4.69) is 24.1 Å². The first kappa shape index (κ1) is 14.8. The number of hydrogen-bond donors (Lipinski definition) is 1. The first-order valence-electron chi connectivity index (χ1n) is 5.83. The topological polar surface area (TPSA) is 79.1 Å². The van der Waals surface area contributed by atoms with E-state index in [1.807, 2.05) is 6.92 Å². The minimum atomic E-state index is -4.14. The smallest absolute Gasteiger partial charge is 0.282 e. The van der Waals surface area contributed by atoms with Gasteiger partial charge in [0.2, 0.25) is 0 Å². The van der Waals surface area contributed by atoms with Crippen LogP contribution in [0, 0.1) is 5.92 Å². The van der Waals surface area contributed by atoms with Crippen molar-refractivity contribution in [3.63, 3.8) is 0 Å². The van der Waals surface area contributed by atoms with Gasteiger partial charge >= 0.3 is 0 Å². The van der Waals surface area contributed by atoms with E-state index in [1.165, 1.54) is 24.3 Å². The molecule has 0 saturated carbocycles. The predicted molar refractivity (Wildman–Crippen MR) is 69.7 cm³/mol. The van der Waals surface area contributed by atoms with Gasteiger partial charge in [-0.15, -0.1) is 0 Å². The van der Waals surface area contributed by atoms with Crippen LogP contribution in [-0.4, -0.2) is 19.0 Å². The lowest BCUT2D eigenvalue weighted by Gasteiger charge is -2.11. The SMILES string of the molecule is CCC(N=Nc1ccc(S(=O)(=O)O)cc1)C(C)C. The first-order valence-corrected chi connectivity index (χ1v) is 7.27. The highest BCUT2D eigenvalue weighted by Gasteiger charge is 2.10. The standard InChI is InChI=1S/C12H18N2O3S/c1-4-12(9(2)3)14-13-10-5-7-11(8-6-10)18(15,16)17/h5-9,12H,4H2,1-3H3,(H,15,16,17). The molecule has 1 N–H and O–H groups in total. The van der Waals surface area contributed by atoms with Crippen LogP contribution < -0.4 is 0 Å². The molecule has 6 heteroatoms. The van der Waals surface area contributed by atoms with Crippen LogP contribution in [0.5, 0.6) is 0 Å². The number of rotatable bonds is 5. The van der Waals surface area contributed by atoms with Gasteiger partial charge in [-0.25, -0.2) is 0 Å². The third-order valence-electron chi connectivity index (χ3n) is 2.64. The van der Waals surface area contributed by atoms with Crippen molar-refractivity contribution in [2.24, 2.45) is 16.1 Å². The Kier molecular flexibility index (Phi) is 4.98. The molecule has 1 rings (SSSR count). The zero-order chi connectivity index (χ0) is 13.8. The maximum atomic E-state index is 10.8. The zero-order valence-electron chi connectivity index (χ0n) is 10.7. The highest BCUT2D eigenvalue weighted by molar-refractivity contribution is 7.85. The molecule has 0 saturated heterocycles. The largest absolute Gasteiger partial charge is 0.294 e. The summed E-state index contributed by atoms with van der Waals surface area (Å²) >= 11 is 0. The van der Waals surface area contributed by atoms with Crippen molar-refractivity contribution in [3.8, 4) is 0 Å². The van der Waals surface area contributed by atoms with Gasteiger partial charge in [-0.1, -0.05) is 20.8 Å². The van der Waals surface area contributed by atoms with Gasteiger partial charge in [-0.05, 0) is 36.6 Å². The lowest BCUT2D eigenvalue weighted by Crippen LogP contribution is -2.10. The van der Waals surface area contributed by atoms with Crippen LogP contribution in [-0.2, 0) is 10.1 Å². The van der Waals surface area contributed by atoms with Gasteiger partial charge in [0.25, 0.3) is 10.1 Å². The van der Waals surface area contributed by atoms with Gasteiger partial charge in [0.1, 0.15) is 0 Å². The highest BCUT2D eigenvalue weighted by atomic mass is 32.2. The Hall–Kier alpha value is -1.27. The van der Waals surface area contributed by atoms with Crippen molar-refractivity contribution in [2.45, 2.75) is 38.1 Å². The van der Waals surface area contributed by atoms with E-state index < -0.39 is 10.1 Å². The fraction of sp³-hybridized carbons (Fsp3) is 0.500. The normalized spacial score (nSPS) is 14.3. The summed E-state index contributed by atoms with van der Waals surface area (Å²) in [6.07, 6.45) is 0.907. The van der Waals surface area contributed by atoms with Crippen molar-refractivity contribution in [3.05, 3.63) is 24.3 Å². The molecular weight excluding hydrogens is 252 g/mol. The van der Waals surface area contributed by atoms with Crippen LogP contribution >= 0.6 is 0 Å². The second-order valence-electron chi connectivity index (χ2n) is 4.40. The lowest BCUT2D eigenvalue weighted by atomic mass is 10.0. The molecule has 0 aliphatic heterocycles. The fourth-order valence-electron chi connectivity index (χ4n) is 1.51. The monoisotopic (exact) mass is 270 g/mol. The fourth-order valence-corrected chi connectivity index (χ4v) is 1.99. The van der Waals surface area contributed by atoms with Crippen molar-refractivity contribution < 1.29 is 13.0 Å². The van der Waals surface area contributed by atoms with Crippen molar-refractivity contribution >= 4 is 15.8 Å². The average Bonchev–Trinajstić information content (AvgIpc) is 2.29. The molecule has 0 fully saturated rings. The van der Waals surface area contributed by atoms with Crippen LogP contribution in [0.1, 0.15) is 27.2 Å². The number of nitrogens with zero attached hydrogens (tertiary/aromatic N) is 2. The first-order chi connectivity index (χ1) is 8.34. The summed E-state index contributed by atoms with van der Waals surface area (Å²) in [4.78, 5) is -0.141. The molecule has 0 radical (unpaired) electrons. The van der Waals surface area contributed by atoms with Gasteiger partial charge in [-0.2, -0.15) is 18.6 Å². The summed E-state index contributed by atoms with van der Waals surface area (Å²) in [5, 5.41) is 8.29. The van der Waals surface area contributed by atoms with E-state index in [0.29, 0.717) is 11.6 Å². The Morgan fingerprint density at radius 3 is 2.17 bits per heavy atom. The molecule has 0 aliphatic carbocycles. The molecule has 0 aliphatic rings. The van der Waals surface area contributed by atoms with Crippen LogP contribution in [0.15, 0.2) is 39.4 Å². The molecule has 1 aromatic rings. The Morgan fingerprint density at radius 2 is 1.78 bits per heavy atom. The summed E-state index contributed by atoms with van der Waals surface area (Å²) in [6, 6.07) is 5.80. The highest BCUT2D eigenvalue weighted by Crippen LogP contribution is 2.19. The average molecular weight is 270 g/mol. The molecule has 5 nitrogen and oxygen atoms in total. The van der Waals surface area contributed by atoms with Crippen LogP contribution in [0.4, 0.5) is 5.69 Å². The zero-order valence-corrected chi connectivity index (χ0v) is 11.6. The van der Waals surface area contributed by atoms with Gasteiger partial charge in [0.15, 0.2) is 0 Å². The molecule has 0 aromatic heterocycles. The molecule has 1 atom stereocenters. The maximum absolute atomic E-state index is 10.8. The number of hydrogen-bond acceptors (Lipinski definition) is 4. The Bertz CT molecular complexity index is 507. The van der Waals surface area contributed by atoms with Gasteiger partial charge in [-0.3, -0.25) is 4.55 Å². The van der Waals surface area contributed by atoms with Crippen LogP contribution in [0.3, 0.4) is 0 Å². The van der Waals surface area contributed by atoms with Crippen LogP contribution in [0.25, 0.3) is 0 Å². The molecule has 0 spiro atoms.